The molecule has 0 spiro atoms. The van der Waals surface area contributed by atoms with Gasteiger partial charge in [0.25, 0.3) is 0 Å². The third-order valence-electron chi connectivity index (χ3n) is 6.91. The number of esters is 1. The highest BCUT2D eigenvalue weighted by Gasteiger charge is 2.18. The Bertz CT molecular complexity index is 1170. The predicted octanol–water partition coefficient (Wildman–Crippen LogP) is 8.42. The van der Waals surface area contributed by atoms with E-state index in [1.807, 2.05) is 19.1 Å². The van der Waals surface area contributed by atoms with Crippen LogP contribution in [0.25, 0.3) is 22.1 Å². The van der Waals surface area contributed by atoms with Crippen LogP contribution >= 0.6 is 0 Å². The third-order valence-corrected chi connectivity index (χ3v) is 6.91. The topological polar surface area (TPSA) is 89.4 Å². The Morgan fingerprint density at radius 1 is 0.757 bits per heavy atom. The van der Waals surface area contributed by atoms with Gasteiger partial charge >= 0.3 is 11.9 Å². The van der Waals surface area contributed by atoms with E-state index in [4.69, 9.17) is 4.74 Å². The molecule has 0 saturated carbocycles. The fourth-order valence-electron chi connectivity index (χ4n) is 4.80. The van der Waals surface area contributed by atoms with Gasteiger partial charge in [0.05, 0.1) is 22.1 Å². The van der Waals surface area contributed by atoms with Crippen molar-refractivity contribution in [2.75, 3.05) is 0 Å². The van der Waals surface area contributed by atoms with Gasteiger partial charge in [-0.2, -0.15) is 0 Å². The molecule has 2 aromatic carbocycles. The number of carboxylic acids is 1. The lowest BCUT2D eigenvalue weighted by Crippen LogP contribution is -2.10. The van der Waals surface area contributed by atoms with E-state index in [9.17, 15) is 14.7 Å². The number of ether oxygens (including phenoxy) is 1. The van der Waals surface area contributed by atoms with Gasteiger partial charge in [0.2, 0.25) is 0 Å². The minimum Gasteiger partial charge on any atom is -0.478 e. The zero-order valence-electron chi connectivity index (χ0n) is 22.7. The number of rotatable bonds is 16. The summed E-state index contributed by atoms with van der Waals surface area (Å²) in [5, 5.41) is 9.46. The van der Waals surface area contributed by atoms with Gasteiger partial charge in [-0.3, -0.25) is 4.79 Å². The first-order chi connectivity index (χ1) is 17.9. The van der Waals surface area contributed by atoms with Crippen molar-refractivity contribution in [2.24, 2.45) is 5.92 Å². The van der Waals surface area contributed by atoms with Crippen LogP contribution in [-0.2, 0) is 9.53 Å². The molecule has 3 rings (SSSR count). The Hall–Kier alpha value is -3.02. The van der Waals surface area contributed by atoms with E-state index in [0.29, 0.717) is 28.5 Å². The molecule has 0 radical (unpaired) electrons. The first-order valence-corrected chi connectivity index (χ1v) is 14.0. The molecule has 3 aromatic rings. The average Bonchev–Trinajstić information content (AvgIpc) is 2.87. The van der Waals surface area contributed by atoms with E-state index in [0.717, 1.165) is 24.3 Å². The number of hydrogen-bond donors (Lipinski definition) is 1. The maximum atomic E-state index is 12.5. The number of hydrogen-bond acceptors (Lipinski definition) is 5. The fraction of sp³-hybridized carbons (Fsp3) is 0.548. The number of unbranched alkanes of at least 4 members (excludes halogenated alkanes) is 9. The molecule has 1 aromatic heterocycles. The lowest BCUT2D eigenvalue weighted by Gasteiger charge is -2.15. The van der Waals surface area contributed by atoms with Gasteiger partial charge in [0.15, 0.2) is 0 Å². The number of para-hydroxylation sites is 2. The zero-order valence-corrected chi connectivity index (χ0v) is 22.7. The number of benzene rings is 2. The quantitative estimate of drug-likeness (QED) is 0.119. The molecule has 1 unspecified atom stereocenters. The molecule has 1 N–H and O–H groups in total. The largest absolute Gasteiger partial charge is 0.478 e. The van der Waals surface area contributed by atoms with Crippen LogP contribution in [0.1, 0.15) is 120 Å². The van der Waals surface area contributed by atoms with Crippen LogP contribution in [0.4, 0.5) is 0 Å². The number of carbonyl (C=O) groups excluding carboxylic acids is 1. The van der Waals surface area contributed by atoms with Crippen molar-refractivity contribution in [3.05, 3.63) is 47.5 Å². The van der Waals surface area contributed by atoms with Crippen molar-refractivity contribution in [3.8, 4) is 0 Å². The number of aromatic carboxylic acids is 1. The third kappa shape index (κ3) is 8.80. The Labute approximate surface area is 220 Å². The molecule has 0 aliphatic heterocycles. The molecule has 0 bridgehead atoms. The Balaban J connectivity index is 1.41. The smallest absolute Gasteiger partial charge is 0.337 e. The van der Waals surface area contributed by atoms with Crippen LogP contribution < -0.4 is 0 Å². The average molecular weight is 507 g/mol. The maximum absolute atomic E-state index is 12.5. The summed E-state index contributed by atoms with van der Waals surface area (Å²) in [6, 6.07) is 10.4. The number of aromatic nitrogens is 2. The Kier molecular flexibility index (Phi) is 11.3. The Morgan fingerprint density at radius 2 is 1.30 bits per heavy atom. The highest BCUT2D eigenvalue weighted by atomic mass is 16.5. The van der Waals surface area contributed by atoms with Crippen molar-refractivity contribution in [1.82, 2.24) is 9.97 Å². The monoisotopic (exact) mass is 506 g/mol. The molecule has 6 nitrogen and oxygen atoms in total. The van der Waals surface area contributed by atoms with E-state index >= 15 is 0 Å². The molecule has 0 aliphatic carbocycles. The summed E-state index contributed by atoms with van der Waals surface area (Å²) in [6.45, 7) is 6.43. The van der Waals surface area contributed by atoms with Crippen LogP contribution in [0.5, 0.6) is 0 Å². The first kappa shape index (κ1) is 28.5. The lowest BCUT2D eigenvalue weighted by atomic mass is 10.0. The van der Waals surface area contributed by atoms with E-state index in [1.54, 1.807) is 18.2 Å². The molecular weight excluding hydrogens is 464 g/mol. The molecule has 200 valence electrons. The lowest BCUT2D eigenvalue weighted by molar-refractivity contribution is -0.148. The zero-order chi connectivity index (χ0) is 26.6. The molecule has 1 heterocycles. The van der Waals surface area contributed by atoms with Gasteiger partial charge in [0, 0.05) is 12.0 Å². The molecule has 6 heteroatoms. The summed E-state index contributed by atoms with van der Waals surface area (Å²) in [4.78, 5) is 33.3. The van der Waals surface area contributed by atoms with Gasteiger partial charge < -0.3 is 9.84 Å². The molecule has 0 fully saturated rings. The van der Waals surface area contributed by atoms with Crippen molar-refractivity contribution in [2.45, 2.75) is 104 Å². The highest BCUT2D eigenvalue weighted by molar-refractivity contribution is 6.02. The van der Waals surface area contributed by atoms with E-state index in [-0.39, 0.29) is 11.5 Å². The molecule has 1 atom stereocenters. The van der Waals surface area contributed by atoms with Gasteiger partial charge in [-0.25, -0.2) is 14.8 Å². The standard InChI is InChI=1S/C31H42N2O4/c1-22(2)16-12-10-8-6-4-5-7-9-11-13-21-28(34)37-23(3)24-17-14-19-26-29(24)32-27-20-15-18-25(31(35)36)30(27)33-26/h14-15,17-20,22-23H,4-13,16,21H2,1-3H3,(H,35,36). The number of carboxylic acid groups (broad SMARTS) is 1. The summed E-state index contributed by atoms with van der Waals surface area (Å²) in [5.41, 5.74) is 2.95. The van der Waals surface area contributed by atoms with Crippen LogP contribution in [0.15, 0.2) is 36.4 Å². The predicted molar refractivity (Wildman–Crippen MR) is 149 cm³/mol. The van der Waals surface area contributed by atoms with Crippen molar-refractivity contribution in [1.29, 1.82) is 0 Å². The van der Waals surface area contributed by atoms with Crippen LogP contribution in [0, 0.1) is 5.92 Å². The van der Waals surface area contributed by atoms with Crippen molar-refractivity contribution >= 4 is 34.0 Å². The minimum atomic E-state index is -1.04. The summed E-state index contributed by atoms with van der Waals surface area (Å²) >= 11 is 0. The summed E-state index contributed by atoms with van der Waals surface area (Å²) in [5.74, 6) is -0.414. The van der Waals surface area contributed by atoms with Crippen molar-refractivity contribution in [3.63, 3.8) is 0 Å². The van der Waals surface area contributed by atoms with E-state index in [2.05, 4.69) is 23.8 Å². The normalized spacial score (nSPS) is 12.3. The maximum Gasteiger partial charge on any atom is 0.337 e. The molecule has 37 heavy (non-hydrogen) atoms. The number of fused-ring (bicyclic) bond motifs is 2. The van der Waals surface area contributed by atoms with E-state index in [1.165, 1.54) is 63.9 Å². The van der Waals surface area contributed by atoms with Crippen LogP contribution in [-0.4, -0.2) is 27.0 Å². The fourth-order valence-corrected chi connectivity index (χ4v) is 4.80. The number of nitrogens with zero attached hydrogens (tertiary/aromatic N) is 2. The highest BCUT2D eigenvalue weighted by Crippen LogP contribution is 2.27. The molecule has 0 aliphatic rings. The molecule has 0 saturated heterocycles. The summed E-state index contributed by atoms with van der Waals surface area (Å²) in [7, 11) is 0. The molecule has 0 amide bonds. The minimum absolute atomic E-state index is 0.119. The molecular formula is C31H42N2O4. The van der Waals surface area contributed by atoms with Gasteiger partial charge in [0.1, 0.15) is 11.6 Å². The van der Waals surface area contributed by atoms with Crippen LogP contribution in [0.2, 0.25) is 0 Å². The van der Waals surface area contributed by atoms with E-state index < -0.39 is 12.1 Å². The van der Waals surface area contributed by atoms with Gasteiger partial charge in [-0.15, -0.1) is 0 Å². The van der Waals surface area contributed by atoms with Crippen LogP contribution in [0.3, 0.4) is 0 Å². The second-order valence-corrected chi connectivity index (χ2v) is 10.5. The number of carbonyl (C=O) groups is 2. The van der Waals surface area contributed by atoms with Gasteiger partial charge in [-0.1, -0.05) is 96.3 Å². The first-order valence-electron chi connectivity index (χ1n) is 14.0. The second kappa shape index (κ2) is 14.7. The Morgan fingerprint density at radius 3 is 1.92 bits per heavy atom. The van der Waals surface area contributed by atoms with Gasteiger partial charge in [-0.05, 0) is 37.5 Å². The summed E-state index contributed by atoms with van der Waals surface area (Å²) < 4.78 is 5.72. The summed E-state index contributed by atoms with van der Waals surface area (Å²) in [6.07, 6.45) is 13.7. The SMILES string of the molecule is CC(C)CCCCCCCCCCCCC(=O)OC(C)c1cccc2nc3c(C(=O)O)cccc3nc12. The van der Waals surface area contributed by atoms with Crippen molar-refractivity contribution < 1.29 is 19.4 Å². The second-order valence-electron chi connectivity index (χ2n) is 10.5.